The summed E-state index contributed by atoms with van der Waals surface area (Å²) in [7, 11) is 0. The molecule has 2 aliphatic rings. The highest BCUT2D eigenvalue weighted by atomic mass is 16.5. The number of benzene rings is 1. The first kappa shape index (κ1) is 17.5. The molecule has 2 aromatic rings. The monoisotopic (exact) mass is 367 g/mol. The van der Waals surface area contributed by atoms with Crippen LogP contribution in [0.4, 0.5) is 0 Å². The van der Waals surface area contributed by atoms with Crippen molar-refractivity contribution < 1.29 is 19.1 Å². The lowest BCUT2D eigenvalue weighted by Gasteiger charge is -2.27. The summed E-state index contributed by atoms with van der Waals surface area (Å²) in [6.45, 7) is 3.57. The van der Waals surface area contributed by atoms with Crippen LogP contribution < -0.4 is 4.74 Å². The average molecular weight is 367 g/mol. The van der Waals surface area contributed by atoms with Crippen molar-refractivity contribution in [1.29, 1.82) is 0 Å². The van der Waals surface area contributed by atoms with Crippen molar-refractivity contribution in [3.63, 3.8) is 0 Å². The summed E-state index contributed by atoms with van der Waals surface area (Å²) < 4.78 is 11.1. The number of amides is 2. The quantitative estimate of drug-likeness (QED) is 0.806. The van der Waals surface area contributed by atoms with Crippen LogP contribution in [0.5, 0.6) is 5.75 Å². The van der Waals surface area contributed by atoms with E-state index in [4.69, 9.17) is 9.47 Å². The lowest BCUT2D eigenvalue weighted by molar-refractivity contribution is 0.0303. The number of aromatic nitrogens is 1. The highest BCUT2D eigenvalue weighted by Crippen LogP contribution is 2.26. The molecule has 1 fully saturated rings. The number of hydrogen-bond acceptors (Lipinski definition) is 5. The summed E-state index contributed by atoms with van der Waals surface area (Å²) >= 11 is 0. The molecule has 1 aromatic carbocycles. The molecule has 2 amide bonds. The van der Waals surface area contributed by atoms with Gasteiger partial charge >= 0.3 is 0 Å². The average Bonchev–Trinajstić information content (AvgIpc) is 2.95. The molecule has 2 aliphatic heterocycles. The maximum absolute atomic E-state index is 12.7. The smallest absolute Gasteiger partial charge is 0.272 e. The Hall–Kier alpha value is -2.93. The maximum atomic E-state index is 12.7. The lowest BCUT2D eigenvalue weighted by Crippen LogP contribution is -2.40. The lowest BCUT2D eigenvalue weighted by atomic mass is 10.1. The van der Waals surface area contributed by atoms with Crippen LogP contribution in [0, 0.1) is 0 Å². The molecular weight excluding hydrogens is 346 g/mol. The third kappa shape index (κ3) is 3.78. The van der Waals surface area contributed by atoms with Gasteiger partial charge in [-0.1, -0.05) is 6.07 Å². The molecule has 4 rings (SSSR count). The van der Waals surface area contributed by atoms with E-state index >= 15 is 0 Å². The minimum atomic E-state index is -0.142. The normalized spacial score (nSPS) is 16.9. The molecule has 140 valence electrons. The standard InChI is InChI=1S/C20H21N3O4/c24-19(22-7-10-26-11-8-22)15-4-5-18-16(13-15)14-23(9-12-27-18)20(25)17-3-1-2-6-21-17/h1-6,13H,7-12,14H2. The summed E-state index contributed by atoms with van der Waals surface area (Å²) in [5, 5.41) is 0. The van der Waals surface area contributed by atoms with Crippen molar-refractivity contribution in [1.82, 2.24) is 14.8 Å². The van der Waals surface area contributed by atoms with E-state index in [1.54, 1.807) is 40.3 Å². The molecule has 0 saturated carbocycles. The van der Waals surface area contributed by atoms with Gasteiger partial charge < -0.3 is 19.3 Å². The first-order valence-corrected chi connectivity index (χ1v) is 9.05. The number of pyridine rings is 1. The van der Waals surface area contributed by atoms with E-state index in [-0.39, 0.29) is 11.8 Å². The van der Waals surface area contributed by atoms with Gasteiger partial charge in [-0.05, 0) is 30.3 Å². The van der Waals surface area contributed by atoms with Crippen molar-refractivity contribution in [2.45, 2.75) is 6.54 Å². The van der Waals surface area contributed by atoms with Crippen LogP contribution in [0.3, 0.4) is 0 Å². The fourth-order valence-electron chi connectivity index (χ4n) is 3.30. The molecule has 0 radical (unpaired) electrons. The summed E-state index contributed by atoms with van der Waals surface area (Å²) in [6, 6.07) is 10.7. The van der Waals surface area contributed by atoms with Gasteiger partial charge in [0, 0.05) is 37.0 Å². The second-order valence-corrected chi connectivity index (χ2v) is 6.52. The minimum absolute atomic E-state index is 0.0204. The first-order chi connectivity index (χ1) is 13.2. The highest BCUT2D eigenvalue weighted by Gasteiger charge is 2.24. The van der Waals surface area contributed by atoms with Crippen LogP contribution in [-0.2, 0) is 11.3 Å². The zero-order valence-corrected chi connectivity index (χ0v) is 15.0. The molecule has 7 nitrogen and oxygen atoms in total. The summed E-state index contributed by atoms with van der Waals surface area (Å²) in [4.78, 5) is 33.1. The summed E-state index contributed by atoms with van der Waals surface area (Å²) in [5.41, 5.74) is 1.84. The molecule has 0 spiro atoms. The summed E-state index contributed by atoms with van der Waals surface area (Å²) in [6.07, 6.45) is 1.61. The van der Waals surface area contributed by atoms with Crippen molar-refractivity contribution in [3.8, 4) is 5.75 Å². The van der Waals surface area contributed by atoms with Gasteiger partial charge in [-0.25, -0.2) is 0 Å². The molecule has 0 aliphatic carbocycles. The number of nitrogens with zero attached hydrogens (tertiary/aromatic N) is 3. The fraction of sp³-hybridized carbons (Fsp3) is 0.350. The van der Waals surface area contributed by atoms with Crippen molar-refractivity contribution in [2.24, 2.45) is 0 Å². The van der Waals surface area contributed by atoms with E-state index in [1.807, 2.05) is 12.1 Å². The van der Waals surface area contributed by atoms with Crippen LogP contribution in [0.25, 0.3) is 0 Å². The van der Waals surface area contributed by atoms with E-state index in [2.05, 4.69) is 4.98 Å². The zero-order valence-electron chi connectivity index (χ0n) is 15.0. The first-order valence-electron chi connectivity index (χ1n) is 9.05. The topological polar surface area (TPSA) is 72.0 Å². The van der Waals surface area contributed by atoms with Gasteiger partial charge in [-0.15, -0.1) is 0 Å². The Labute approximate surface area is 157 Å². The van der Waals surface area contributed by atoms with Crippen molar-refractivity contribution >= 4 is 11.8 Å². The van der Waals surface area contributed by atoms with Crippen molar-refractivity contribution in [3.05, 3.63) is 59.4 Å². The molecule has 0 atom stereocenters. The number of hydrogen-bond donors (Lipinski definition) is 0. The van der Waals surface area contributed by atoms with Gasteiger partial charge in [-0.3, -0.25) is 14.6 Å². The summed E-state index contributed by atoms with van der Waals surface area (Å²) in [5.74, 6) is 0.551. The van der Waals surface area contributed by atoms with Crippen LogP contribution >= 0.6 is 0 Å². The number of carbonyl (C=O) groups excluding carboxylic acids is 2. The van der Waals surface area contributed by atoms with Gasteiger partial charge in [0.15, 0.2) is 0 Å². The molecule has 0 N–H and O–H groups in total. The number of carbonyl (C=O) groups is 2. The second-order valence-electron chi connectivity index (χ2n) is 6.52. The Morgan fingerprint density at radius 2 is 1.74 bits per heavy atom. The second kappa shape index (κ2) is 7.75. The molecule has 0 bridgehead atoms. The predicted molar refractivity (Wildman–Crippen MR) is 97.6 cm³/mol. The Kier molecular flexibility index (Phi) is 5.02. The maximum Gasteiger partial charge on any atom is 0.272 e. The van der Waals surface area contributed by atoms with E-state index in [1.165, 1.54) is 0 Å². The number of ether oxygens (including phenoxy) is 2. The fourth-order valence-corrected chi connectivity index (χ4v) is 3.30. The molecule has 0 unspecified atom stereocenters. The van der Waals surface area contributed by atoms with E-state index in [9.17, 15) is 9.59 Å². The van der Waals surface area contributed by atoms with Crippen LogP contribution in [0.2, 0.25) is 0 Å². The zero-order chi connectivity index (χ0) is 18.6. The third-order valence-corrected chi connectivity index (χ3v) is 4.76. The molecule has 3 heterocycles. The number of rotatable bonds is 2. The Morgan fingerprint density at radius 3 is 2.52 bits per heavy atom. The SMILES string of the molecule is O=C(c1ccc2c(c1)CN(C(=O)c1ccccn1)CCO2)N1CCOCC1. The van der Waals surface area contributed by atoms with Crippen LogP contribution in [0.1, 0.15) is 26.4 Å². The van der Waals surface area contributed by atoms with Crippen LogP contribution in [0.15, 0.2) is 42.6 Å². The molecule has 7 heteroatoms. The number of morpholine rings is 1. The van der Waals surface area contributed by atoms with E-state index in [0.29, 0.717) is 63.0 Å². The minimum Gasteiger partial charge on any atom is -0.491 e. The predicted octanol–water partition coefficient (Wildman–Crippen LogP) is 1.59. The Balaban J connectivity index is 1.56. The molecule has 1 saturated heterocycles. The van der Waals surface area contributed by atoms with Gasteiger partial charge in [-0.2, -0.15) is 0 Å². The van der Waals surface area contributed by atoms with Gasteiger partial charge in [0.25, 0.3) is 11.8 Å². The van der Waals surface area contributed by atoms with Gasteiger partial charge in [0.2, 0.25) is 0 Å². The number of fused-ring (bicyclic) bond motifs is 1. The third-order valence-electron chi connectivity index (χ3n) is 4.76. The van der Waals surface area contributed by atoms with Crippen molar-refractivity contribution in [2.75, 3.05) is 39.5 Å². The van der Waals surface area contributed by atoms with Crippen LogP contribution in [-0.4, -0.2) is 66.1 Å². The molecule has 27 heavy (non-hydrogen) atoms. The Bertz CT molecular complexity index is 834. The highest BCUT2D eigenvalue weighted by molar-refractivity contribution is 5.95. The van der Waals surface area contributed by atoms with Gasteiger partial charge in [0.1, 0.15) is 18.1 Å². The van der Waals surface area contributed by atoms with E-state index in [0.717, 1.165) is 5.56 Å². The van der Waals surface area contributed by atoms with Gasteiger partial charge in [0.05, 0.1) is 19.8 Å². The Morgan fingerprint density at radius 1 is 0.926 bits per heavy atom. The molecule has 1 aromatic heterocycles. The molecular formula is C20H21N3O4. The van der Waals surface area contributed by atoms with E-state index < -0.39 is 0 Å². The largest absolute Gasteiger partial charge is 0.491 e.